The zero-order valence-electron chi connectivity index (χ0n) is 11.9. The predicted octanol–water partition coefficient (Wildman–Crippen LogP) is 2.84. The number of fused-ring (bicyclic) bond motifs is 1. The van der Waals surface area contributed by atoms with Gasteiger partial charge in [0.1, 0.15) is 18.1 Å². The van der Waals surface area contributed by atoms with Crippen LogP contribution in [0.15, 0.2) is 36.7 Å². The van der Waals surface area contributed by atoms with Gasteiger partial charge in [-0.25, -0.2) is 4.68 Å². The lowest BCUT2D eigenvalue weighted by molar-refractivity contribution is -0.274. The third-order valence-electron chi connectivity index (χ3n) is 3.09. The minimum Gasteiger partial charge on any atom is -0.486 e. The maximum Gasteiger partial charge on any atom is 0.573 e. The molecule has 23 heavy (non-hydrogen) atoms. The van der Waals surface area contributed by atoms with Crippen molar-refractivity contribution < 1.29 is 22.6 Å². The lowest BCUT2D eigenvalue weighted by Crippen LogP contribution is -2.17. The highest BCUT2D eigenvalue weighted by atomic mass is 19.4. The Kier molecular flexibility index (Phi) is 3.77. The van der Waals surface area contributed by atoms with Gasteiger partial charge in [0.25, 0.3) is 0 Å². The maximum atomic E-state index is 12.3. The van der Waals surface area contributed by atoms with E-state index in [0.717, 1.165) is 5.69 Å². The first-order valence-corrected chi connectivity index (χ1v) is 6.53. The van der Waals surface area contributed by atoms with Gasteiger partial charge in [-0.05, 0) is 24.3 Å². The van der Waals surface area contributed by atoms with Gasteiger partial charge in [-0.1, -0.05) is 5.21 Å². The summed E-state index contributed by atoms with van der Waals surface area (Å²) in [7, 11) is 1.71. The fraction of sp³-hybridized carbons (Fsp3) is 0.214. The number of hydrogen-bond donors (Lipinski definition) is 0. The SMILES string of the molecule is Cn1nncc1COc1ccnc2ccc(OC(F)(F)F)cc12. The lowest BCUT2D eigenvalue weighted by Gasteiger charge is -2.12. The Balaban J connectivity index is 1.90. The molecule has 0 amide bonds. The quantitative estimate of drug-likeness (QED) is 0.738. The highest BCUT2D eigenvalue weighted by Crippen LogP contribution is 2.30. The average Bonchev–Trinajstić information content (AvgIpc) is 2.89. The summed E-state index contributed by atoms with van der Waals surface area (Å²) in [4.78, 5) is 4.10. The molecule has 0 spiro atoms. The Morgan fingerprint density at radius 2 is 2.04 bits per heavy atom. The molecule has 0 bridgehead atoms. The zero-order chi connectivity index (χ0) is 16.4. The van der Waals surface area contributed by atoms with E-state index in [1.807, 2.05) is 0 Å². The van der Waals surface area contributed by atoms with Crippen LogP contribution in [0.1, 0.15) is 5.69 Å². The van der Waals surface area contributed by atoms with Gasteiger partial charge in [0, 0.05) is 18.6 Å². The first kappa shape index (κ1) is 15.1. The Morgan fingerprint density at radius 1 is 1.22 bits per heavy atom. The van der Waals surface area contributed by atoms with Crippen molar-refractivity contribution in [2.75, 3.05) is 0 Å². The summed E-state index contributed by atoms with van der Waals surface area (Å²) >= 11 is 0. The number of rotatable bonds is 4. The molecular weight excluding hydrogens is 313 g/mol. The van der Waals surface area contributed by atoms with E-state index in [4.69, 9.17) is 4.74 Å². The van der Waals surface area contributed by atoms with Crippen molar-refractivity contribution in [1.82, 2.24) is 20.0 Å². The second-order valence-corrected chi connectivity index (χ2v) is 4.67. The van der Waals surface area contributed by atoms with Crippen LogP contribution in [0.5, 0.6) is 11.5 Å². The van der Waals surface area contributed by atoms with Gasteiger partial charge >= 0.3 is 6.36 Å². The smallest absolute Gasteiger partial charge is 0.486 e. The van der Waals surface area contributed by atoms with Crippen molar-refractivity contribution in [2.45, 2.75) is 13.0 Å². The Morgan fingerprint density at radius 3 is 2.74 bits per heavy atom. The number of nitrogens with zero attached hydrogens (tertiary/aromatic N) is 4. The molecule has 2 aromatic heterocycles. The van der Waals surface area contributed by atoms with Crippen LogP contribution in [0, 0.1) is 0 Å². The summed E-state index contributed by atoms with van der Waals surface area (Å²) in [6.45, 7) is 0.174. The molecule has 2 heterocycles. The fourth-order valence-electron chi connectivity index (χ4n) is 2.02. The Bertz CT molecular complexity index is 832. The summed E-state index contributed by atoms with van der Waals surface area (Å²) < 4.78 is 48.1. The van der Waals surface area contributed by atoms with E-state index >= 15 is 0 Å². The normalized spacial score (nSPS) is 11.7. The molecule has 3 aromatic rings. The summed E-state index contributed by atoms with van der Waals surface area (Å²) in [6.07, 6.45) is -1.69. The molecule has 120 valence electrons. The largest absolute Gasteiger partial charge is 0.573 e. The van der Waals surface area contributed by atoms with Gasteiger partial charge < -0.3 is 9.47 Å². The number of benzene rings is 1. The van der Waals surface area contributed by atoms with E-state index in [0.29, 0.717) is 16.7 Å². The van der Waals surface area contributed by atoms with Crippen molar-refractivity contribution in [3.8, 4) is 11.5 Å². The summed E-state index contributed by atoms with van der Waals surface area (Å²) in [5, 5.41) is 7.92. The van der Waals surface area contributed by atoms with Crippen LogP contribution >= 0.6 is 0 Å². The number of aryl methyl sites for hydroxylation is 1. The minimum absolute atomic E-state index is 0.174. The monoisotopic (exact) mass is 324 g/mol. The fourth-order valence-corrected chi connectivity index (χ4v) is 2.02. The standard InChI is InChI=1S/C14H11F3N4O2/c1-21-9(7-19-20-21)8-22-13-4-5-18-12-3-2-10(6-11(12)13)23-14(15,16)17/h2-7H,8H2,1H3. The van der Waals surface area contributed by atoms with E-state index in [1.54, 1.807) is 24.0 Å². The summed E-state index contributed by atoms with van der Waals surface area (Å²) in [6, 6.07) is 5.46. The molecule has 0 radical (unpaired) electrons. The minimum atomic E-state index is -4.75. The molecule has 0 N–H and O–H groups in total. The van der Waals surface area contributed by atoms with E-state index < -0.39 is 6.36 Å². The van der Waals surface area contributed by atoms with Gasteiger partial charge in [0.05, 0.1) is 17.4 Å². The highest BCUT2D eigenvalue weighted by Gasteiger charge is 2.31. The maximum absolute atomic E-state index is 12.3. The highest BCUT2D eigenvalue weighted by molar-refractivity contribution is 5.86. The molecule has 0 saturated carbocycles. The summed E-state index contributed by atoms with van der Waals surface area (Å²) in [5.74, 6) is 0.0638. The molecule has 6 nitrogen and oxygen atoms in total. The van der Waals surface area contributed by atoms with E-state index in [9.17, 15) is 13.2 Å². The van der Waals surface area contributed by atoms with E-state index in [2.05, 4.69) is 20.0 Å². The molecule has 1 aromatic carbocycles. The van der Waals surface area contributed by atoms with Gasteiger partial charge in [0.2, 0.25) is 0 Å². The number of ether oxygens (including phenoxy) is 2. The second-order valence-electron chi connectivity index (χ2n) is 4.67. The molecule has 0 aliphatic heterocycles. The first-order valence-electron chi connectivity index (χ1n) is 6.53. The lowest BCUT2D eigenvalue weighted by atomic mass is 10.2. The molecule has 0 unspecified atom stereocenters. The Hall–Kier alpha value is -2.84. The number of alkyl halides is 3. The van der Waals surface area contributed by atoms with Crippen molar-refractivity contribution in [3.63, 3.8) is 0 Å². The topological polar surface area (TPSA) is 62.1 Å². The van der Waals surface area contributed by atoms with Gasteiger partial charge in [-0.2, -0.15) is 0 Å². The summed E-state index contributed by atoms with van der Waals surface area (Å²) in [5.41, 5.74) is 1.22. The van der Waals surface area contributed by atoms with E-state index in [-0.39, 0.29) is 12.4 Å². The number of hydrogen-bond acceptors (Lipinski definition) is 5. The molecule has 3 rings (SSSR count). The van der Waals surface area contributed by atoms with Gasteiger partial charge in [0.15, 0.2) is 0 Å². The molecule has 0 aliphatic rings. The second kappa shape index (κ2) is 5.75. The predicted molar refractivity (Wildman–Crippen MR) is 73.8 cm³/mol. The molecule has 0 fully saturated rings. The molecule has 0 atom stereocenters. The van der Waals surface area contributed by atoms with Crippen LogP contribution in [0.4, 0.5) is 13.2 Å². The average molecular weight is 324 g/mol. The van der Waals surface area contributed by atoms with E-state index in [1.165, 1.54) is 24.4 Å². The van der Waals surface area contributed by atoms with Crippen molar-refractivity contribution >= 4 is 10.9 Å². The molecule has 0 aliphatic carbocycles. The number of aromatic nitrogens is 4. The molecular formula is C14H11F3N4O2. The van der Waals surface area contributed by atoms with Crippen LogP contribution in [-0.4, -0.2) is 26.3 Å². The first-order chi connectivity index (χ1) is 10.9. The van der Waals surface area contributed by atoms with Crippen LogP contribution in [0.2, 0.25) is 0 Å². The van der Waals surface area contributed by atoms with Crippen molar-refractivity contribution in [2.24, 2.45) is 7.05 Å². The van der Waals surface area contributed by atoms with Crippen LogP contribution in [0.25, 0.3) is 10.9 Å². The third-order valence-corrected chi connectivity index (χ3v) is 3.09. The number of halogens is 3. The van der Waals surface area contributed by atoms with Gasteiger partial charge in [-0.15, -0.1) is 18.3 Å². The third kappa shape index (κ3) is 3.50. The Labute approximate surface area is 128 Å². The van der Waals surface area contributed by atoms with Crippen LogP contribution < -0.4 is 9.47 Å². The molecule has 0 saturated heterocycles. The van der Waals surface area contributed by atoms with Gasteiger partial charge in [-0.3, -0.25) is 4.98 Å². The van der Waals surface area contributed by atoms with Crippen molar-refractivity contribution in [1.29, 1.82) is 0 Å². The number of pyridine rings is 1. The van der Waals surface area contributed by atoms with Crippen LogP contribution in [0.3, 0.4) is 0 Å². The van der Waals surface area contributed by atoms with Crippen LogP contribution in [-0.2, 0) is 13.7 Å². The molecule has 9 heteroatoms. The zero-order valence-corrected chi connectivity index (χ0v) is 11.9. The van der Waals surface area contributed by atoms with Crippen molar-refractivity contribution in [3.05, 3.63) is 42.4 Å².